The van der Waals surface area contributed by atoms with Crippen molar-refractivity contribution in [2.45, 2.75) is 39.0 Å². The molecular formula is C15H21NO2. The van der Waals surface area contributed by atoms with E-state index in [0.29, 0.717) is 6.61 Å². The van der Waals surface area contributed by atoms with Crippen LogP contribution >= 0.6 is 0 Å². The molecule has 3 nitrogen and oxygen atoms in total. The lowest BCUT2D eigenvalue weighted by molar-refractivity contribution is -0.119. The monoisotopic (exact) mass is 247 g/mol. The van der Waals surface area contributed by atoms with Crippen LogP contribution in [-0.4, -0.2) is 12.5 Å². The van der Waals surface area contributed by atoms with E-state index in [1.807, 2.05) is 24.3 Å². The lowest BCUT2D eigenvalue weighted by atomic mass is 10.1. The molecule has 0 saturated heterocycles. The lowest BCUT2D eigenvalue weighted by Crippen LogP contribution is -2.20. The fourth-order valence-electron chi connectivity index (χ4n) is 2.32. The van der Waals surface area contributed by atoms with Crippen LogP contribution in [0.1, 0.15) is 39.0 Å². The molecule has 1 aromatic carbocycles. The number of benzene rings is 1. The quantitative estimate of drug-likeness (QED) is 0.863. The summed E-state index contributed by atoms with van der Waals surface area (Å²) in [6.45, 7) is 2.78. The molecule has 0 heterocycles. The predicted molar refractivity (Wildman–Crippen MR) is 72.8 cm³/mol. The minimum absolute atomic E-state index is 0.153. The van der Waals surface area contributed by atoms with Gasteiger partial charge in [0.2, 0.25) is 5.91 Å². The van der Waals surface area contributed by atoms with Crippen molar-refractivity contribution in [2.24, 2.45) is 5.92 Å². The third-order valence-corrected chi connectivity index (χ3v) is 3.30. The number of hydrogen-bond donors (Lipinski definition) is 1. The van der Waals surface area contributed by atoms with Gasteiger partial charge in [-0.1, -0.05) is 25.8 Å². The van der Waals surface area contributed by atoms with Gasteiger partial charge in [-0.3, -0.25) is 4.79 Å². The highest BCUT2D eigenvalue weighted by atomic mass is 16.5. The van der Waals surface area contributed by atoms with E-state index >= 15 is 0 Å². The maximum atomic E-state index is 12.0. The van der Waals surface area contributed by atoms with Crippen LogP contribution in [-0.2, 0) is 4.79 Å². The van der Waals surface area contributed by atoms with Gasteiger partial charge in [-0.25, -0.2) is 0 Å². The highest BCUT2D eigenvalue weighted by molar-refractivity contribution is 5.92. The zero-order valence-electron chi connectivity index (χ0n) is 10.9. The van der Waals surface area contributed by atoms with Gasteiger partial charge in [0.15, 0.2) is 0 Å². The molecule has 3 heteroatoms. The van der Waals surface area contributed by atoms with Crippen LogP contribution in [0.15, 0.2) is 24.3 Å². The molecule has 1 aliphatic rings. The molecule has 1 fully saturated rings. The molecule has 18 heavy (non-hydrogen) atoms. The van der Waals surface area contributed by atoms with E-state index in [9.17, 15) is 4.79 Å². The molecule has 1 aliphatic carbocycles. The standard InChI is InChI=1S/C15H21NO2/c1-2-10-18-14-9-5-8-13(11-14)16-15(17)12-6-3-4-7-12/h5,8-9,11-12H,2-4,6-7,10H2,1H3,(H,16,17). The van der Waals surface area contributed by atoms with Crippen molar-refractivity contribution in [1.82, 2.24) is 0 Å². The highest BCUT2D eigenvalue weighted by Crippen LogP contribution is 2.26. The first-order chi connectivity index (χ1) is 8.79. The topological polar surface area (TPSA) is 38.3 Å². The summed E-state index contributed by atoms with van der Waals surface area (Å²) in [5.41, 5.74) is 0.834. The lowest BCUT2D eigenvalue weighted by Gasteiger charge is -2.11. The third kappa shape index (κ3) is 3.49. The average Bonchev–Trinajstić information content (AvgIpc) is 2.91. The van der Waals surface area contributed by atoms with E-state index in [1.54, 1.807) is 0 Å². The molecule has 1 amide bonds. The summed E-state index contributed by atoms with van der Waals surface area (Å²) in [7, 11) is 0. The van der Waals surface area contributed by atoms with Gasteiger partial charge in [0.05, 0.1) is 6.61 Å². The van der Waals surface area contributed by atoms with Gasteiger partial charge in [-0.15, -0.1) is 0 Å². The van der Waals surface area contributed by atoms with Crippen molar-refractivity contribution in [3.05, 3.63) is 24.3 Å². The van der Waals surface area contributed by atoms with Gasteiger partial charge in [-0.05, 0) is 31.4 Å². The Morgan fingerprint density at radius 2 is 2.17 bits per heavy atom. The van der Waals surface area contributed by atoms with Crippen molar-refractivity contribution >= 4 is 11.6 Å². The summed E-state index contributed by atoms with van der Waals surface area (Å²) < 4.78 is 5.55. The second kappa shape index (κ2) is 6.43. The first-order valence-electron chi connectivity index (χ1n) is 6.83. The molecule has 0 atom stereocenters. The number of carbonyl (C=O) groups is 1. The van der Waals surface area contributed by atoms with Crippen LogP contribution in [0.25, 0.3) is 0 Å². The molecule has 0 spiro atoms. The second-order valence-corrected chi connectivity index (χ2v) is 4.85. The van der Waals surface area contributed by atoms with Crippen LogP contribution in [0.4, 0.5) is 5.69 Å². The minimum Gasteiger partial charge on any atom is -0.494 e. The number of amides is 1. The van der Waals surface area contributed by atoms with Crippen molar-refractivity contribution in [3.8, 4) is 5.75 Å². The van der Waals surface area contributed by atoms with Gasteiger partial charge in [0.25, 0.3) is 0 Å². The fourth-order valence-corrected chi connectivity index (χ4v) is 2.32. The van der Waals surface area contributed by atoms with Crippen molar-refractivity contribution < 1.29 is 9.53 Å². The molecule has 0 unspecified atom stereocenters. The van der Waals surface area contributed by atoms with Crippen LogP contribution in [0.5, 0.6) is 5.75 Å². The Kier molecular flexibility index (Phi) is 4.62. The smallest absolute Gasteiger partial charge is 0.227 e. The number of rotatable bonds is 5. The molecule has 0 aromatic heterocycles. The molecular weight excluding hydrogens is 226 g/mol. The number of hydrogen-bond acceptors (Lipinski definition) is 2. The minimum atomic E-state index is 0.153. The van der Waals surface area contributed by atoms with Gasteiger partial charge in [0.1, 0.15) is 5.75 Å². The van der Waals surface area contributed by atoms with Gasteiger partial charge in [0, 0.05) is 17.7 Å². The van der Waals surface area contributed by atoms with E-state index in [1.165, 1.54) is 12.8 Å². The van der Waals surface area contributed by atoms with Crippen molar-refractivity contribution in [2.75, 3.05) is 11.9 Å². The zero-order valence-corrected chi connectivity index (χ0v) is 10.9. The molecule has 98 valence electrons. The number of ether oxygens (including phenoxy) is 1. The maximum absolute atomic E-state index is 12.0. The Hall–Kier alpha value is -1.51. The van der Waals surface area contributed by atoms with E-state index in [4.69, 9.17) is 4.74 Å². The molecule has 0 radical (unpaired) electrons. The average molecular weight is 247 g/mol. The summed E-state index contributed by atoms with van der Waals surface area (Å²) in [6, 6.07) is 7.63. The van der Waals surface area contributed by atoms with E-state index in [-0.39, 0.29) is 11.8 Å². The van der Waals surface area contributed by atoms with Crippen LogP contribution in [0.3, 0.4) is 0 Å². The number of carbonyl (C=O) groups excluding carboxylic acids is 1. The van der Waals surface area contributed by atoms with Crippen LogP contribution in [0.2, 0.25) is 0 Å². The Bertz CT molecular complexity index is 397. The van der Waals surface area contributed by atoms with Crippen LogP contribution in [0, 0.1) is 5.92 Å². The largest absolute Gasteiger partial charge is 0.494 e. The molecule has 1 N–H and O–H groups in total. The molecule has 0 bridgehead atoms. The SMILES string of the molecule is CCCOc1cccc(NC(=O)C2CCCC2)c1. The normalized spacial score (nSPS) is 15.6. The number of anilines is 1. The highest BCUT2D eigenvalue weighted by Gasteiger charge is 2.22. The molecule has 1 saturated carbocycles. The fraction of sp³-hybridized carbons (Fsp3) is 0.533. The third-order valence-electron chi connectivity index (χ3n) is 3.30. The first kappa shape index (κ1) is 12.9. The summed E-state index contributed by atoms with van der Waals surface area (Å²) in [5.74, 6) is 1.17. The first-order valence-corrected chi connectivity index (χ1v) is 6.83. The van der Waals surface area contributed by atoms with Crippen LogP contribution < -0.4 is 10.1 Å². The molecule has 1 aromatic rings. The molecule has 2 rings (SSSR count). The van der Waals surface area contributed by atoms with E-state index in [0.717, 1.165) is 30.7 Å². The maximum Gasteiger partial charge on any atom is 0.227 e. The number of nitrogens with one attached hydrogen (secondary N) is 1. The Labute approximate surface area is 109 Å². The predicted octanol–water partition coefficient (Wildman–Crippen LogP) is 3.60. The van der Waals surface area contributed by atoms with Crippen molar-refractivity contribution in [3.63, 3.8) is 0 Å². The van der Waals surface area contributed by atoms with E-state index < -0.39 is 0 Å². The molecule has 0 aliphatic heterocycles. The summed E-state index contributed by atoms with van der Waals surface area (Å²) in [6.07, 6.45) is 5.39. The van der Waals surface area contributed by atoms with Gasteiger partial charge in [-0.2, -0.15) is 0 Å². The Balaban J connectivity index is 1.93. The van der Waals surface area contributed by atoms with Gasteiger partial charge < -0.3 is 10.1 Å². The zero-order chi connectivity index (χ0) is 12.8. The van der Waals surface area contributed by atoms with Gasteiger partial charge >= 0.3 is 0 Å². The second-order valence-electron chi connectivity index (χ2n) is 4.85. The van der Waals surface area contributed by atoms with E-state index in [2.05, 4.69) is 12.2 Å². The summed E-state index contributed by atoms with van der Waals surface area (Å²) in [4.78, 5) is 12.0. The van der Waals surface area contributed by atoms with Crippen molar-refractivity contribution in [1.29, 1.82) is 0 Å². The summed E-state index contributed by atoms with van der Waals surface area (Å²) >= 11 is 0. The Morgan fingerprint density at radius 1 is 1.39 bits per heavy atom. The summed E-state index contributed by atoms with van der Waals surface area (Å²) in [5, 5.41) is 2.98. The Morgan fingerprint density at radius 3 is 2.89 bits per heavy atom.